The monoisotopic (exact) mass is 534 g/mol. The van der Waals surface area contributed by atoms with Crippen LogP contribution < -0.4 is 16.1 Å². The summed E-state index contributed by atoms with van der Waals surface area (Å²) in [6, 6.07) is 9.59. The van der Waals surface area contributed by atoms with Gasteiger partial charge in [-0.25, -0.2) is 5.43 Å². The van der Waals surface area contributed by atoms with Crippen molar-refractivity contribution in [3.63, 3.8) is 0 Å². The van der Waals surface area contributed by atoms with Gasteiger partial charge in [-0.2, -0.15) is 0 Å². The summed E-state index contributed by atoms with van der Waals surface area (Å²) < 4.78 is 5.80. The zero-order chi connectivity index (χ0) is 28.3. The first-order valence-electron chi connectivity index (χ1n) is 13.6. The quantitative estimate of drug-likeness (QED) is 0.484. The van der Waals surface area contributed by atoms with Gasteiger partial charge in [-0.05, 0) is 66.6 Å². The second-order valence-electron chi connectivity index (χ2n) is 10.9. The van der Waals surface area contributed by atoms with Crippen LogP contribution in [0.15, 0.2) is 42.5 Å². The van der Waals surface area contributed by atoms with E-state index >= 15 is 0 Å². The SMILES string of the molecule is CC(C)[C@@H]1NC(=O)[C@@H](C)/C=C/c2ccc3ccc(cc3c2)[C@@H](C)OC(=O)[C@@H]2CCCN(N2)C(=O)[C@H](C)NC1=O. The second kappa shape index (κ2) is 12.0. The highest BCUT2D eigenvalue weighted by Gasteiger charge is 2.34. The van der Waals surface area contributed by atoms with Crippen molar-refractivity contribution in [3.05, 3.63) is 53.6 Å². The van der Waals surface area contributed by atoms with Crippen LogP contribution in [0.25, 0.3) is 16.8 Å². The fourth-order valence-electron chi connectivity index (χ4n) is 4.84. The van der Waals surface area contributed by atoms with Gasteiger partial charge in [-0.15, -0.1) is 0 Å². The Hall–Kier alpha value is -3.72. The summed E-state index contributed by atoms with van der Waals surface area (Å²) in [7, 11) is 0. The number of carbonyl (C=O) groups excluding carboxylic acids is 4. The standard InChI is InChI=1S/C30H38N4O5/c1-17(2)26-28(36)31-19(4)29(37)34-14-6-7-25(33-34)30(38)39-20(5)23-13-12-22-11-10-21(15-24(22)16-23)9-8-18(3)27(35)32-26/h8-13,15-20,25-26,33H,6-7,14H2,1-5H3,(H,31,36)(H,32,35)/b9-8+/t18-,19-,20+,25-,26-/m0/s1. The predicted octanol–water partition coefficient (Wildman–Crippen LogP) is 3.25. The van der Waals surface area contributed by atoms with E-state index in [1.165, 1.54) is 5.01 Å². The summed E-state index contributed by atoms with van der Waals surface area (Å²) in [5.41, 5.74) is 4.77. The summed E-state index contributed by atoms with van der Waals surface area (Å²) in [6.07, 6.45) is 4.34. The molecule has 0 aliphatic carbocycles. The minimum atomic E-state index is -0.860. The highest BCUT2D eigenvalue weighted by molar-refractivity contribution is 5.93. The van der Waals surface area contributed by atoms with Crippen molar-refractivity contribution in [2.75, 3.05) is 6.54 Å². The van der Waals surface area contributed by atoms with Crippen molar-refractivity contribution in [3.8, 4) is 0 Å². The first-order chi connectivity index (χ1) is 18.5. The van der Waals surface area contributed by atoms with E-state index in [-0.39, 0.29) is 17.7 Å². The minimum absolute atomic E-state index is 0.196. The number of hydrogen-bond donors (Lipinski definition) is 3. The van der Waals surface area contributed by atoms with Gasteiger partial charge in [0.05, 0.1) is 5.92 Å². The van der Waals surface area contributed by atoms with Gasteiger partial charge in [-0.1, -0.05) is 57.2 Å². The van der Waals surface area contributed by atoms with Crippen LogP contribution in [0.4, 0.5) is 0 Å². The largest absolute Gasteiger partial charge is 0.457 e. The molecule has 2 heterocycles. The number of nitrogens with one attached hydrogen (secondary N) is 3. The number of benzene rings is 2. The molecule has 5 atom stereocenters. The molecular weight excluding hydrogens is 496 g/mol. The lowest BCUT2D eigenvalue weighted by Gasteiger charge is -2.35. The van der Waals surface area contributed by atoms with Crippen LogP contribution in [0.2, 0.25) is 0 Å². The van der Waals surface area contributed by atoms with Crippen LogP contribution in [-0.2, 0) is 23.9 Å². The average molecular weight is 535 g/mol. The molecule has 0 aromatic heterocycles. The summed E-state index contributed by atoms with van der Waals surface area (Å²) in [6.45, 7) is 9.27. The molecule has 2 aliphatic heterocycles. The van der Waals surface area contributed by atoms with Crippen molar-refractivity contribution in [2.45, 2.75) is 71.7 Å². The van der Waals surface area contributed by atoms with E-state index in [9.17, 15) is 19.2 Å². The Morgan fingerprint density at radius 1 is 0.923 bits per heavy atom. The van der Waals surface area contributed by atoms with Crippen molar-refractivity contribution < 1.29 is 23.9 Å². The van der Waals surface area contributed by atoms with E-state index in [0.29, 0.717) is 19.4 Å². The summed E-state index contributed by atoms with van der Waals surface area (Å²) >= 11 is 0. The first kappa shape index (κ1) is 28.3. The molecule has 3 amide bonds. The van der Waals surface area contributed by atoms with E-state index in [0.717, 1.165) is 21.9 Å². The van der Waals surface area contributed by atoms with Crippen LogP contribution in [0.1, 0.15) is 64.7 Å². The van der Waals surface area contributed by atoms with Crippen molar-refractivity contribution in [1.82, 2.24) is 21.1 Å². The highest BCUT2D eigenvalue weighted by Crippen LogP contribution is 2.25. The van der Waals surface area contributed by atoms with Gasteiger partial charge in [0.1, 0.15) is 24.2 Å². The highest BCUT2D eigenvalue weighted by atomic mass is 16.5. The van der Waals surface area contributed by atoms with Crippen molar-refractivity contribution in [2.24, 2.45) is 11.8 Å². The Balaban J connectivity index is 1.67. The molecule has 39 heavy (non-hydrogen) atoms. The van der Waals surface area contributed by atoms with E-state index in [2.05, 4.69) is 16.1 Å². The van der Waals surface area contributed by atoms with Gasteiger partial charge in [0.25, 0.3) is 5.91 Å². The Morgan fingerprint density at radius 3 is 2.41 bits per heavy atom. The van der Waals surface area contributed by atoms with Gasteiger partial charge in [0, 0.05) is 6.54 Å². The smallest absolute Gasteiger partial charge is 0.325 e. The summed E-state index contributed by atoms with van der Waals surface area (Å²) in [5, 5.41) is 8.99. The molecule has 2 aliphatic rings. The summed E-state index contributed by atoms with van der Waals surface area (Å²) in [4.78, 5) is 52.3. The van der Waals surface area contributed by atoms with Crippen LogP contribution in [0.5, 0.6) is 0 Å². The van der Waals surface area contributed by atoms with Gasteiger partial charge < -0.3 is 15.4 Å². The number of cyclic esters (lactones) is 1. The number of ether oxygens (including phenoxy) is 1. The predicted molar refractivity (Wildman–Crippen MR) is 149 cm³/mol. The third-order valence-corrected chi connectivity index (χ3v) is 7.35. The van der Waals surface area contributed by atoms with E-state index in [4.69, 9.17) is 4.74 Å². The molecule has 2 aromatic carbocycles. The Morgan fingerprint density at radius 2 is 1.67 bits per heavy atom. The van der Waals surface area contributed by atoms with Crippen LogP contribution in [-0.4, -0.2) is 53.4 Å². The van der Waals surface area contributed by atoms with Gasteiger partial charge in [0.15, 0.2) is 0 Å². The van der Waals surface area contributed by atoms with Crippen molar-refractivity contribution in [1.29, 1.82) is 0 Å². The minimum Gasteiger partial charge on any atom is -0.457 e. The second-order valence-corrected chi connectivity index (χ2v) is 10.9. The van der Waals surface area contributed by atoms with Crippen LogP contribution >= 0.6 is 0 Å². The summed E-state index contributed by atoms with van der Waals surface area (Å²) in [5.74, 6) is -2.20. The number of hydrazine groups is 1. The third-order valence-electron chi connectivity index (χ3n) is 7.35. The number of rotatable bonds is 1. The fourth-order valence-corrected chi connectivity index (χ4v) is 4.84. The molecule has 1 saturated heterocycles. The Kier molecular flexibility index (Phi) is 8.70. The van der Waals surface area contributed by atoms with E-state index in [1.54, 1.807) is 19.9 Å². The lowest BCUT2D eigenvalue weighted by atomic mass is 10.00. The zero-order valence-corrected chi connectivity index (χ0v) is 23.2. The fraction of sp³-hybridized carbons (Fsp3) is 0.467. The molecule has 208 valence electrons. The average Bonchev–Trinajstić information content (AvgIpc) is 2.92. The third kappa shape index (κ3) is 6.65. The van der Waals surface area contributed by atoms with Crippen LogP contribution in [0.3, 0.4) is 0 Å². The maximum absolute atomic E-state index is 13.2. The number of hydrogen-bond acceptors (Lipinski definition) is 6. The number of esters is 1. The number of fused-ring (bicyclic) bond motifs is 4. The Labute approximate surface area is 229 Å². The van der Waals surface area contributed by atoms with E-state index in [1.807, 2.05) is 63.2 Å². The molecule has 9 heteroatoms. The Bertz CT molecular complexity index is 1290. The van der Waals surface area contributed by atoms with Crippen LogP contribution in [0, 0.1) is 11.8 Å². The molecule has 9 nitrogen and oxygen atoms in total. The molecular formula is C30H38N4O5. The maximum Gasteiger partial charge on any atom is 0.325 e. The first-order valence-corrected chi connectivity index (χ1v) is 13.6. The molecule has 0 saturated carbocycles. The molecule has 3 N–H and O–H groups in total. The lowest BCUT2D eigenvalue weighted by molar-refractivity contribution is -0.157. The maximum atomic E-state index is 13.2. The van der Waals surface area contributed by atoms with E-state index < -0.39 is 42.0 Å². The van der Waals surface area contributed by atoms with Gasteiger partial charge in [-0.3, -0.25) is 24.2 Å². The van der Waals surface area contributed by atoms with Gasteiger partial charge in [0.2, 0.25) is 11.8 Å². The topological polar surface area (TPSA) is 117 Å². The lowest BCUT2D eigenvalue weighted by Crippen LogP contribution is -2.61. The molecule has 1 fully saturated rings. The zero-order valence-electron chi connectivity index (χ0n) is 23.2. The molecule has 5 bridgehead atoms. The number of carbonyl (C=O) groups is 4. The molecule has 0 spiro atoms. The number of amides is 3. The molecule has 2 aromatic rings. The molecule has 0 radical (unpaired) electrons. The normalized spacial score (nSPS) is 28.2. The van der Waals surface area contributed by atoms with Gasteiger partial charge >= 0.3 is 5.97 Å². The number of nitrogens with zero attached hydrogens (tertiary/aromatic N) is 1. The molecule has 4 rings (SSSR count). The van der Waals surface area contributed by atoms with Crippen molar-refractivity contribution >= 4 is 40.5 Å². The molecule has 0 unspecified atom stereocenters.